The van der Waals surface area contributed by atoms with Crippen LogP contribution >= 0.6 is 15.9 Å². The van der Waals surface area contributed by atoms with Gasteiger partial charge in [0.2, 0.25) is 0 Å². The maximum atomic E-state index is 13.4. The van der Waals surface area contributed by atoms with E-state index in [-0.39, 0.29) is 17.5 Å². The number of hydrogen-bond donors (Lipinski definition) is 2. The molecule has 2 atom stereocenters. The van der Waals surface area contributed by atoms with Crippen molar-refractivity contribution in [2.75, 3.05) is 0 Å². The summed E-state index contributed by atoms with van der Waals surface area (Å²) in [5.74, 6) is 1.92. The van der Waals surface area contributed by atoms with Gasteiger partial charge in [-0.1, -0.05) is 0 Å². The molecule has 4 aliphatic rings. The van der Waals surface area contributed by atoms with E-state index >= 15 is 0 Å². The van der Waals surface area contributed by atoms with Gasteiger partial charge < -0.3 is 10.4 Å². The van der Waals surface area contributed by atoms with Crippen molar-refractivity contribution in [2.24, 2.45) is 17.8 Å². The second-order valence-electron chi connectivity index (χ2n) is 10.3. The van der Waals surface area contributed by atoms with E-state index in [1.54, 1.807) is 17.1 Å². The van der Waals surface area contributed by atoms with Gasteiger partial charge in [0.1, 0.15) is 5.56 Å². The van der Waals surface area contributed by atoms with Crippen LogP contribution < -0.4 is 5.32 Å². The summed E-state index contributed by atoms with van der Waals surface area (Å²) in [5, 5.41) is 23.1. The topological polar surface area (TPSA) is 85.0 Å². The molecule has 0 spiro atoms. The Morgan fingerprint density at radius 1 is 1.21 bits per heavy atom. The predicted octanol–water partition coefficient (Wildman–Crippen LogP) is 3.26. The fourth-order valence-electron chi connectivity index (χ4n) is 6.08. The molecule has 0 saturated heterocycles. The number of aromatic nitrogens is 4. The van der Waals surface area contributed by atoms with Crippen LogP contribution in [0.3, 0.4) is 0 Å². The van der Waals surface area contributed by atoms with E-state index in [4.69, 9.17) is 0 Å². The molecule has 2 aromatic heterocycles. The lowest BCUT2D eigenvalue weighted by atomic mass is 9.52. The van der Waals surface area contributed by atoms with Crippen molar-refractivity contribution >= 4 is 21.8 Å². The summed E-state index contributed by atoms with van der Waals surface area (Å²) < 4.78 is 4.40. The first kappa shape index (κ1) is 19.3. The van der Waals surface area contributed by atoms with Gasteiger partial charge in [-0.2, -0.15) is 10.2 Å². The quantitative estimate of drug-likeness (QED) is 0.734. The molecule has 0 radical (unpaired) electrons. The van der Waals surface area contributed by atoms with E-state index in [2.05, 4.69) is 52.2 Å². The zero-order valence-electron chi connectivity index (χ0n) is 17.1. The first-order valence-electron chi connectivity index (χ1n) is 10.5. The molecule has 156 valence electrons. The minimum atomic E-state index is -0.499. The van der Waals surface area contributed by atoms with Crippen molar-refractivity contribution < 1.29 is 9.90 Å². The van der Waals surface area contributed by atoms with Crippen LogP contribution in [0.4, 0.5) is 0 Å². The van der Waals surface area contributed by atoms with Gasteiger partial charge in [0.05, 0.1) is 28.0 Å². The first-order valence-corrected chi connectivity index (χ1v) is 11.2. The zero-order chi connectivity index (χ0) is 20.6. The number of nitrogens with zero attached hydrogens (tertiary/aromatic N) is 4. The summed E-state index contributed by atoms with van der Waals surface area (Å²) in [6.45, 7) is 6.17. The third-order valence-electron chi connectivity index (χ3n) is 6.93. The number of aliphatic hydroxyl groups is 1. The highest BCUT2D eigenvalue weighted by Gasteiger charge is 2.55. The monoisotopic (exact) mass is 461 g/mol. The second-order valence-corrected chi connectivity index (χ2v) is 11.2. The highest BCUT2D eigenvalue weighted by molar-refractivity contribution is 9.10. The molecule has 4 aliphatic carbocycles. The van der Waals surface area contributed by atoms with Gasteiger partial charge in [-0.3, -0.25) is 4.79 Å². The summed E-state index contributed by atoms with van der Waals surface area (Å²) in [5.41, 5.74) is -0.262. The standard InChI is InChI=1S/C21H28BrN5O2/c1-20(2,3)27-19(26-11-15(22)9-23-26)16(10-24-27)18(28)25-17-13-4-12-5-14(17)8-21(29,6-12)7-13/h9-14,17,29H,4-8H2,1-3H3,(H,25,28)/t12?,13?,14?,17-,21-. The molecule has 2 unspecified atom stereocenters. The number of hydrogen-bond acceptors (Lipinski definition) is 4. The lowest BCUT2D eigenvalue weighted by molar-refractivity contribution is -0.136. The second kappa shape index (κ2) is 6.41. The van der Waals surface area contributed by atoms with Gasteiger partial charge in [0.25, 0.3) is 5.91 Å². The Labute approximate surface area is 179 Å². The maximum Gasteiger partial charge on any atom is 0.256 e. The summed E-state index contributed by atoms with van der Waals surface area (Å²) in [6, 6.07) is 0.134. The Morgan fingerprint density at radius 3 is 2.45 bits per heavy atom. The summed E-state index contributed by atoms with van der Waals surface area (Å²) >= 11 is 3.44. The molecule has 6 rings (SSSR count). The van der Waals surface area contributed by atoms with Crippen molar-refractivity contribution in [3.63, 3.8) is 0 Å². The maximum absolute atomic E-state index is 13.4. The van der Waals surface area contributed by atoms with Crippen molar-refractivity contribution in [2.45, 2.75) is 70.1 Å². The van der Waals surface area contributed by atoms with Gasteiger partial charge in [-0.15, -0.1) is 0 Å². The molecule has 2 heterocycles. The number of halogens is 1. The number of carbonyl (C=O) groups excluding carboxylic acids is 1. The average Bonchev–Trinajstić information content (AvgIpc) is 3.22. The SMILES string of the molecule is CC(C)(C)n1ncc(C(=O)N[C@H]2C3CC4CC2C[C@](O)(C4)C3)c1-n1cc(Br)cn1. The number of nitrogens with one attached hydrogen (secondary N) is 1. The molecule has 2 aromatic rings. The smallest absolute Gasteiger partial charge is 0.256 e. The Morgan fingerprint density at radius 2 is 1.90 bits per heavy atom. The van der Waals surface area contributed by atoms with E-state index in [0.717, 1.165) is 36.6 Å². The Balaban J connectivity index is 1.46. The van der Waals surface area contributed by atoms with Gasteiger partial charge in [-0.25, -0.2) is 9.36 Å². The van der Waals surface area contributed by atoms with Crippen LogP contribution in [0.1, 0.15) is 63.2 Å². The molecule has 4 bridgehead atoms. The predicted molar refractivity (Wildman–Crippen MR) is 112 cm³/mol. The molecular weight excluding hydrogens is 434 g/mol. The molecule has 8 heteroatoms. The van der Waals surface area contributed by atoms with E-state index in [1.807, 2.05) is 10.9 Å². The number of amides is 1. The molecule has 2 N–H and O–H groups in total. The van der Waals surface area contributed by atoms with E-state index in [0.29, 0.717) is 29.1 Å². The Hall–Kier alpha value is -1.67. The highest BCUT2D eigenvalue weighted by Crippen LogP contribution is 2.55. The summed E-state index contributed by atoms with van der Waals surface area (Å²) in [4.78, 5) is 13.4. The third kappa shape index (κ3) is 3.24. The van der Waals surface area contributed by atoms with E-state index < -0.39 is 5.60 Å². The molecule has 29 heavy (non-hydrogen) atoms. The fraction of sp³-hybridized carbons (Fsp3) is 0.667. The largest absolute Gasteiger partial charge is 0.390 e. The number of rotatable bonds is 3. The van der Waals surface area contributed by atoms with Gasteiger partial charge in [-0.05, 0) is 86.6 Å². The fourth-order valence-corrected chi connectivity index (χ4v) is 6.36. The lowest BCUT2D eigenvalue weighted by Gasteiger charge is -2.58. The normalized spacial score (nSPS) is 33.3. The van der Waals surface area contributed by atoms with Crippen LogP contribution in [0.15, 0.2) is 23.1 Å². The molecule has 4 fully saturated rings. The van der Waals surface area contributed by atoms with Crippen LogP contribution in [-0.4, -0.2) is 42.2 Å². The number of carbonyl (C=O) groups is 1. The third-order valence-corrected chi connectivity index (χ3v) is 7.34. The van der Waals surface area contributed by atoms with E-state index in [1.165, 1.54) is 0 Å². The Bertz CT molecular complexity index is 943. The molecule has 4 saturated carbocycles. The molecule has 7 nitrogen and oxygen atoms in total. The molecular formula is C21H28BrN5O2. The van der Waals surface area contributed by atoms with Crippen LogP contribution in [0.5, 0.6) is 0 Å². The molecule has 0 aromatic carbocycles. The van der Waals surface area contributed by atoms with Crippen molar-refractivity contribution in [3.05, 3.63) is 28.6 Å². The average molecular weight is 462 g/mol. The summed E-state index contributed by atoms with van der Waals surface area (Å²) in [7, 11) is 0. The Kier molecular flexibility index (Phi) is 4.27. The lowest BCUT2D eigenvalue weighted by Crippen LogP contribution is -2.61. The highest BCUT2D eigenvalue weighted by atomic mass is 79.9. The van der Waals surface area contributed by atoms with Gasteiger partial charge in [0.15, 0.2) is 5.82 Å². The summed E-state index contributed by atoms with van der Waals surface area (Å²) in [6.07, 6.45) is 9.99. The van der Waals surface area contributed by atoms with Crippen LogP contribution in [0.25, 0.3) is 5.82 Å². The van der Waals surface area contributed by atoms with Crippen molar-refractivity contribution in [3.8, 4) is 5.82 Å². The van der Waals surface area contributed by atoms with Crippen molar-refractivity contribution in [1.29, 1.82) is 0 Å². The minimum Gasteiger partial charge on any atom is -0.390 e. The van der Waals surface area contributed by atoms with Crippen LogP contribution in [-0.2, 0) is 5.54 Å². The van der Waals surface area contributed by atoms with Gasteiger partial charge in [0, 0.05) is 12.2 Å². The van der Waals surface area contributed by atoms with Crippen LogP contribution in [0, 0.1) is 17.8 Å². The van der Waals surface area contributed by atoms with E-state index in [9.17, 15) is 9.90 Å². The van der Waals surface area contributed by atoms with Crippen LogP contribution in [0.2, 0.25) is 0 Å². The molecule has 1 amide bonds. The zero-order valence-corrected chi connectivity index (χ0v) is 18.7. The van der Waals surface area contributed by atoms with Crippen molar-refractivity contribution in [1.82, 2.24) is 24.9 Å². The minimum absolute atomic E-state index is 0.105. The molecule has 0 aliphatic heterocycles. The van der Waals surface area contributed by atoms with Gasteiger partial charge >= 0.3 is 0 Å². The first-order chi connectivity index (χ1) is 13.6.